The summed E-state index contributed by atoms with van der Waals surface area (Å²) in [5, 5.41) is 43.2. The highest BCUT2D eigenvalue weighted by atomic mass is 16.1. The van der Waals surface area contributed by atoms with Crippen LogP contribution in [0.25, 0.3) is 0 Å². The van der Waals surface area contributed by atoms with Gasteiger partial charge in [0.05, 0.1) is 0 Å². The summed E-state index contributed by atoms with van der Waals surface area (Å²) in [6.07, 6.45) is 6.00. The molecular weight excluding hydrogens is 336 g/mol. The lowest BCUT2D eigenvalue weighted by Gasteiger charge is -1.02. The van der Waals surface area contributed by atoms with Crippen LogP contribution in [0.1, 0.15) is 0 Å². The van der Waals surface area contributed by atoms with Crippen molar-refractivity contribution in [2.75, 3.05) is 0 Å². The van der Waals surface area contributed by atoms with Gasteiger partial charge < -0.3 is 0 Å². The van der Waals surface area contributed by atoms with Crippen molar-refractivity contribution in [3.05, 3.63) is 0 Å². The van der Waals surface area contributed by atoms with Crippen LogP contribution in [0.15, 0.2) is 0 Å². The third-order valence-corrected chi connectivity index (χ3v) is 0. The highest BCUT2D eigenvalue weighted by Crippen LogP contribution is 0.888. The van der Waals surface area contributed by atoms with Crippen LogP contribution >= 0.6 is 0 Å². The molecule has 16 heteroatoms. The predicted octanol–water partition coefficient (Wildman–Crippen LogP) is -0.792. The van der Waals surface area contributed by atoms with Crippen molar-refractivity contribution in [1.29, 1.82) is 43.3 Å². The van der Waals surface area contributed by atoms with E-state index >= 15 is 0 Å². The second kappa shape index (κ2) is 567. The molecule has 128 valence electrons. The molecule has 24 heavy (non-hydrogen) atoms. The lowest BCUT2D eigenvalue weighted by Crippen LogP contribution is -1.16. The summed E-state index contributed by atoms with van der Waals surface area (Å²) < 4.78 is 0. The Hall–Kier alpha value is -4.96. The molecule has 0 amide bonds. The maximum Gasteiger partial charge on any atom is 0.231 e. The Kier molecular flexibility index (Phi) is 1200. The fourth-order valence-corrected chi connectivity index (χ4v) is 0. The highest BCUT2D eigenvalue weighted by molar-refractivity contribution is 5.27. The minimum Gasteiger partial charge on any atom is -0.222 e. The van der Waals surface area contributed by atoms with E-state index in [0.29, 0.717) is 0 Å². The summed E-state index contributed by atoms with van der Waals surface area (Å²) in [6.45, 7) is 0. The minimum atomic E-state index is 0.750. The zero-order valence-electron chi connectivity index (χ0n) is 11.3. The molecule has 0 aliphatic heterocycles. The van der Waals surface area contributed by atoms with Crippen LogP contribution in [0.4, 0.5) is 0 Å². The van der Waals surface area contributed by atoms with Gasteiger partial charge in [0.1, 0.15) is 0 Å². The molecule has 0 spiro atoms. The Labute approximate surface area is 131 Å². The first kappa shape index (κ1) is 50.8. The molecule has 0 saturated heterocycles. The molecule has 0 fully saturated rings. The SMILES string of the molecule is N=C=O.N=C=O.N=C=O.N=C=O.N=C=O.N=C=O.N=C=O.N=C=O. The van der Waals surface area contributed by atoms with Crippen LogP contribution in [-0.2, 0) is 38.4 Å². The Morgan fingerprint density at radius 2 is 0.250 bits per heavy atom. The first-order valence-corrected chi connectivity index (χ1v) is 3.63. The summed E-state index contributed by atoms with van der Waals surface area (Å²) >= 11 is 0. The second-order valence-electron chi connectivity index (χ2n) is 0.816. The molecule has 0 aromatic carbocycles. The van der Waals surface area contributed by atoms with E-state index in [4.69, 9.17) is 81.6 Å². The molecule has 0 heterocycles. The molecule has 0 aromatic heterocycles. The van der Waals surface area contributed by atoms with Crippen LogP contribution in [0.3, 0.4) is 0 Å². The van der Waals surface area contributed by atoms with Gasteiger partial charge in [-0.3, -0.25) is 0 Å². The fraction of sp³-hybridized carbons (Fsp3) is 0. The summed E-state index contributed by atoms with van der Waals surface area (Å²) in [5.74, 6) is 0. The van der Waals surface area contributed by atoms with Gasteiger partial charge in [-0.1, -0.05) is 0 Å². The van der Waals surface area contributed by atoms with Gasteiger partial charge in [0.15, 0.2) is 0 Å². The summed E-state index contributed by atoms with van der Waals surface area (Å²) in [6, 6.07) is 0. The lowest BCUT2D eigenvalue weighted by atomic mass is 11.7. The van der Waals surface area contributed by atoms with Gasteiger partial charge in [-0.2, -0.15) is 0 Å². The van der Waals surface area contributed by atoms with E-state index < -0.39 is 0 Å². The fourth-order valence-electron chi connectivity index (χ4n) is 0. The number of carbonyl (C=O) groups excluding carboxylic acids is 8. The second-order valence-corrected chi connectivity index (χ2v) is 0.816. The van der Waals surface area contributed by atoms with Crippen molar-refractivity contribution in [1.82, 2.24) is 0 Å². The number of nitrogens with one attached hydrogen (secondary N) is 8. The number of isocyanates is 8. The van der Waals surface area contributed by atoms with Gasteiger partial charge in [0, 0.05) is 0 Å². The van der Waals surface area contributed by atoms with Gasteiger partial charge in [-0.15, -0.1) is 0 Å². The summed E-state index contributed by atoms with van der Waals surface area (Å²) in [7, 11) is 0. The number of hydrogen-bond donors (Lipinski definition) is 8. The highest BCUT2D eigenvalue weighted by Gasteiger charge is 1.05. The normalized spacial score (nSPS) is 2.67. The average molecular weight is 344 g/mol. The molecule has 0 saturated carbocycles. The van der Waals surface area contributed by atoms with Crippen molar-refractivity contribution >= 4 is 48.6 Å². The van der Waals surface area contributed by atoms with Gasteiger partial charge in [-0.05, 0) is 0 Å². The zero-order valence-corrected chi connectivity index (χ0v) is 11.3. The maximum atomic E-state index is 8.35. The molecule has 0 aliphatic carbocycles. The largest absolute Gasteiger partial charge is 0.231 e. The first-order valence-electron chi connectivity index (χ1n) is 3.63. The van der Waals surface area contributed by atoms with E-state index in [9.17, 15) is 0 Å². The van der Waals surface area contributed by atoms with Gasteiger partial charge in [0.2, 0.25) is 48.6 Å². The Bertz CT molecular complexity index is 350. The molecule has 0 aromatic rings. The average Bonchev–Trinajstić information content (AvgIpc) is 2.45. The molecule has 0 unspecified atom stereocenters. The monoisotopic (exact) mass is 344 g/mol. The third kappa shape index (κ3) is 178. The van der Waals surface area contributed by atoms with Crippen LogP contribution in [0.2, 0.25) is 0 Å². The Morgan fingerprint density at radius 3 is 0.250 bits per heavy atom. The smallest absolute Gasteiger partial charge is 0.222 e. The zero-order chi connectivity index (χ0) is 21.7. The lowest BCUT2D eigenvalue weighted by molar-refractivity contribution is 0.562. The molecule has 16 nitrogen and oxygen atoms in total. The molecule has 0 bridgehead atoms. The van der Waals surface area contributed by atoms with Gasteiger partial charge in [-0.25, -0.2) is 81.6 Å². The van der Waals surface area contributed by atoms with E-state index in [1.54, 1.807) is 0 Å². The van der Waals surface area contributed by atoms with E-state index in [1.807, 2.05) is 0 Å². The predicted molar refractivity (Wildman–Crippen MR) is 67.3 cm³/mol. The van der Waals surface area contributed by atoms with Gasteiger partial charge in [0.25, 0.3) is 0 Å². The molecule has 8 N–H and O–H groups in total. The van der Waals surface area contributed by atoms with E-state index in [0.717, 1.165) is 48.6 Å². The van der Waals surface area contributed by atoms with Crippen molar-refractivity contribution < 1.29 is 38.4 Å². The van der Waals surface area contributed by atoms with Crippen molar-refractivity contribution in [2.45, 2.75) is 0 Å². The van der Waals surface area contributed by atoms with Crippen LogP contribution in [0.5, 0.6) is 0 Å². The van der Waals surface area contributed by atoms with E-state index in [1.165, 1.54) is 0 Å². The van der Waals surface area contributed by atoms with E-state index in [2.05, 4.69) is 0 Å². The van der Waals surface area contributed by atoms with Crippen molar-refractivity contribution in [3.63, 3.8) is 0 Å². The molecule has 0 atom stereocenters. The maximum absolute atomic E-state index is 8.35. The van der Waals surface area contributed by atoms with Crippen molar-refractivity contribution in [2.24, 2.45) is 0 Å². The third-order valence-electron chi connectivity index (χ3n) is 0. The Morgan fingerprint density at radius 1 is 0.250 bits per heavy atom. The molecule has 0 aliphatic rings. The molecule has 0 rings (SSSR count). The Balaban J connectivity index is -0.0000000203. The van der Waals surface area contributed by atoms with E-state index in [-0.39, 0.29) is 0 Å². The standard InChI is InChI=1S/8CHNO/c8*2-1-3/h8*2H. The quantitative estimate of drug-likeness (QED) is 0.202. The molecule has 0 radical (unpaired) electrons. The van der Waals surface area contributed by atoms with Gasteiger partial charge >= 0.3 is 0 Å². The van der Waals surface area contributed by atoms with Crippen LogP contribution in [-0.4, -0.2) is 48.6 Å². The number of rotatable bonds is 0. The van der Waals surface area contributed by atoms with Crippen molar-refractivity contribution in [3.8, 4) is 0 Å². The first-order chi connectivity index (χ1) is 11.3. The topological polar surface area (TPSA) is 327 Å². The van der Waals surface area contributed by atoms with Crippen LogP contribution in [0, 0.1) is 43.3 Å². The number of hydrogen-bond acceptors (Lipinski definition) is 16. The summed E-state index contributed by atoms with van der Waals surface area (Å²) in [4.78, 5) is 66.8. The minimum absolute atomic E-state index is 0.750. The molecular formula is C8H8N8O8. The van der Waals surface area contributed by atoms with Crippen LogP contribution < -0.4 is 0 Å². The summed E-state index contributed by atoms with van der Waals surface area (Å²) in [5.41, 5.74) is 0.